The fourth-order valence-electron chi connectivity index (χ4n) is 1.05. The first-order chi connectivity index (χ1) is 7.45. The molecule has 1 N–H and O–H groups in total. The summed E-state index contributed by atoms with van der Waals surface area (Å²) in [6, 6.07) is 5.53. The smallest absolute Gasteiger partial charge is 0.205 e. The van der Waals surface area contributed by atoms with Crippen LogP contribution >= 0.6 is 0 Å². The zero-order chi connectivity index (χ0) is 12.2. The van der Waals surface area contributed by atoms with Gasteiger partial charge in [-0.05, 0) is 24.3 Å². The Morgan fingerprint density at radius 3 is 2.44 bits per heavy atom. The van der Waals surface area contributed by atoms with Gasteiger partial charge in [-0.1, -0.05) is 5.16 Å². The molecule has 4 nitrogen and oxygen atoms in total. The lowest BCUT2D eigenvalue weighted by Crippen LogP contribution is -2.35. The van der Waals surface area contributed by atoms with Crippen molar-refractivity contribution in [2.45, 2.75) is 19.4 Å². The van der Waals surface area contributed by atoms with E-state index in [2.05, 4.69) is 5.16 Å². The molecule has 0 heterocycles. The summed E-state index contributed by atoms with van der Waals surface area (Å²) in [4.78, 5) is 0. The molecule has 1 aromatic rings. The lowest BCUT2D eigenvalue weighted by atomic mass is 10.1. The van der Waals surface area contributed by atoms with E-state index in [1.807, 2.05) is 0 Å². The van der Waals surface area contributed by atoms with Crippen LogP contribution in [0.5, 0.6) is 0 Å². The second kappa shape index (κ2) is 4.74. The van der Waals surface area contributed by atoms with Gasteiger partial charge in [0.1, 0.15) is 12.0 Å². The second-order valence-corrected chi connectivity index (χ2v) is 3.90. The number of hydrogen-bond donors (Lipinski definition) is 1. The molecule has 16 heavy (non-hydrogen) atoms. The lowest BCUT2D eigenvalue weighted by Gasteiger charge is -2.18. The Hall–Kier alpha value is -1.91. The van der Waals surface area contributed by atoms with Crippen molar-refractivity contribution in [3.8, 4) is 0 Å². The first-order valence-corrected chi connectivity index (χ1v) is 4.71. The van der Waals surface area contributed by atoms with Gasteiger partial charge in [-0.2, -0.15) is 0 Å². The molecule has 0 radical (unpaired) electrons. The molecular formula is C11H13FN2O2. The normalized spacial score (nSPS) is 13.3. The molecule has 0 atom stereocenters. The van der Waals surface area contributed by atoms with Crippen LogP contribution in [0.25, 0.3) is 0 Å². The number of halogens is 1. The van der Waals surface area contributed by atoms with Crippen LogP contribution in [0.1, 0.15) is 19.4 Å². The molecule has 0 saturated heterocycles. The summed E-state index contributed by atoms with van der Waals surface area (Å²) >= 11 is 0. The van der Waals surface area contributed by atoms with E-state index in [4.69, 9.17) is 5.21 Å². The van der Waals surface area contributed by atoms with E-state index in [-0.39, 0.29) is 5.82 Å². The van der Waals surface area contributed by atoms with Gasteiger partial charge in [-0.25, -0.2) is 9.13 Å². The van der Waals surface area contributed by atoms with Crippen LogP contribution in [0.15, 0.2) is 29.4 Å². The predicted molar refractivity (Wildman–Crippen MR) is 59.6 cm³/mol. The SMILES string of the molecule is CC(C)(C=NO)[N+]([O-])=Cc1ccc(F)cc1. The minimum absolute atomic E-state index is 0.356. The van der Waals surface area contributed by atoms with Gasteiger partial charge in [0.2, 0.25) is 5.54 Å². The standard InChI is InChI=1S/C11H13FN2O2/c1-11(2,8-13-15)14(16)7-9-3-5-10(12)6-4-9/h3-8,15H,1-2H3. The molecule has 0 spiro atoms. The van der Waals surface area contributed by atoms with Crippen molar-refractivity contribution < 1.29 is 14.3 Å². The van der Waals surface area contributed by atoms with Crippen molar-refractivity contribution in [3.63, 3.8) is 0 Å². The van der Waals surface area contributed by atoms with Crippen LogP contribution in [0.3, 0.4) is 0 Å². The van der Waals surface area contributed by atoms with E-state index in [1.54, 1.807) is 13.8 Å². The summed E-state index contributed by atoms with van der Waals surface area (Å²) in [5.41, 5.74) is -0.376. The molecule has 0 aromatic heterocycles. The topological polar surface area (TPSA) is 58.7 Å². The van der Waals surface area contributed by atoms with Gasteiger partial charge in [-0.15, -0.1) is 0 Å². The van der Waals surface area contributed by atoms with Gasteiger partial charge in [0, 0.05) is 19.4 Å². The summed E-state index contributed by atoms with van der Waals surface area (Å²) < 4.78 is 13.3. The number of oxime groups is 1. The van der Waals surface area contributed by atoms with E-state index >= 15 is 0 Å². The number of rotatable bonds is 3. The molecule has 5 heteroatoms. The lowest BCUT2D eigenvalue weighted by molar-refractivity contribution is -0.511. The predicted octanol–water partition coefficient (Wildman–Crippen LogP) is 1.99. The van der Waals surface area contributed by atoms with Crippen molar-refractivity contribution in [2.75, 3.05) is 0 Å². The summed E-state index contributed by atoms with van der Waals surface area (Å²) in [6.45, 7) is 3.19. The van der Waals surface area contributed by atoms with E-state index in [0.717, 1.165) is 6.21 Å². The highest BCUT2D eigenvalue weighted by Gasteiger charge is 2.23. The third-order valence-corrected chi connectivity index (χ3v) is 2.08. The molecule has 86 valence electrons. The molecule has 1 aromatic carbocycles. The maximum absolute atomic E-state index is 12.6. The van der Waals surface area contributed by atoms with Crippen LogP contribution in [0, 0.1) is 11.0 Å². The number of hydrogen-bond acceptors (Lipinski definition) is 3. The number of hydroxylamine groups is 1. The molecule has 0 amide bonds. The fraction of sp³-hybridized carbons (Fsp3) is 0.273. The molecule has 0 unspecified atom stereocenters. The Morgan fingerprint density at radius 2 is 1.94 bits per heavy atom. The molecule has 0 fully saturated rings. The highest BCUT2D eigenvalue weighted by Crippen LogP contribution is 2.06. The monoisotopic (exact) mass is 224 g/mol. The Morgan fingerprint density at radius 1 is 1.38 bits per heavy atom. The van der Waals surface area contributed by atoms with Crippen molar-refractivity contribution in [2.24, 2.45) is 5.16 Å². The van der Waals surface area contributed by atoms with Crippen LogP contribution in [-0.4, -0.2) is 27.9 Å². The van der Waals surface area contributed by atoms with Crippen LogP contribution in [0.2, 0.25) is 0 Å². The summed E-state index contributed by atoms with van der Waals surface area (Å²) in [6.07, 6.45) is 2.43. The summed E-state index contributed by atoms with van der Waals surface area (Å²) in [5, 5.41) is 22.9. The quantitative estimate of drug-likeness (QED) is 0.280. The van der Waals surface area contributed by atoms with E-state index in [9.17, 15) is 9.60 Å². The molecule has 0 aliphatic rings. The third kappa shape index (κ3) is 3.05. The third-order valence-electron chi connectivity index (χ3n) is 2.08. The van der Waals surface area contributed by atoms with Crippen molar-refractivity contribution in [1.82, 2.24) is 0 Å². The molecule has 0 bridgehead atoms. The maximum atomic E-state index is 12.6. The van der Waals surface area contributed by atoms with Crippen molar-refractivity contribution in [1.29, 1.82) is 0 Å². The van der Waals surface area contributed by atoms with Crippen molar-refractivity contribution >= 4 is 12.4 Å². The van der Waals surface area contributed by atoms with Gasteiger partial charge in [0.05, 0.1) is 0 Å². The highest BCUT2D eigenvalue weighted by atomic mass is 19.1. The Balaban J connectivity index is 2.96. The second-order valence-electron chi connectivity index (χ2n) is 3.90. The van der Waals surface area contributed by atoms with Gasteiger partial charge in [0.15, 0.2) is 6.21 Å². The van der Waals surface area contributed by atoms with Crippen LogP contribution in [0.4, 0.5) is 4.39 Å². The molecule has 1 rings (SSSR count). The molecule has 0 aliphatic heterocycles. The van der Waals surface area contributed by atoms with Crippen LogP contribution in [-0.2, 0) is 0 Å². The first-order valence-electron chi connectivity index (χ1n) is 4.71. The minimum atomic E-state index is -0.955. The zero-order valence-electron chi connectivity index (χ0n) is 9.09. The number of nitrogens with zero attached hydrogens (tertiary/aromatic N) is 2. The van der Waals surface area contributed by atoms with E-state index in [1.165, 1.54) is 30.5 Å². The Bertz CT molecular complexity index is 410. The van der Waals surface area contributed by atoms with Gasteiger partial charge in [-0.3, -0.25) is 0 Å². The average Bonchev–Trinajstić information content (AvgIpc) is 2.21. The molecule has 0 saturated carbocycles. The first kappa shape index (κ1) is 12.2. The highest BCUT2D eigenvalue weighted by molar-refractivity contribution is 5.77. The maximum Gasteiger partial charge on any atom is 0.205 e. The summed E-state index contributed by atoms with van der Waals surface area (Å²) in [5.74, 6) is -0.356. The average molecular weight is 224 g/mol. The largest absolute Gasteiger partial charge is 0.623 e. The summed E-state index contributed by atoms with van der Waals surface area (Å²) in [7, 11) is 0. The van der Waals surface area contributed by atoms with E-state index < -0.39 is 5.54 Å². The minimum Gasteiger partial charge on any atom is -0.623 e. The Labute approximate surface area is 92.9 Å². The molecular weight excluding hydrogens is 211 g/mol. The van der Waals surface area contributed by atoms with Gasteiger partial charge in [0.25, 0.3) is 0 Å². The van der Waals surface area contributed by atoms with E-state index in [0.29, 0.717) is 10.3 Å². The van der Waals surface area contributed by atoms with Crippen LogP contribution < -0.4 is 0 Å². The zero-order valence-corrected chi connectivity index (χ0v) is 9.09. The fourth-order valence-corrected chi connectivity index (χ4v) is 1.05. The number of benzene rings is 1. The van der Waals surface area contributed by atoms with Crippen molar-refractivity contribution in [3.05, 3.63) is 40.9 Å². The Kier molecular flexibility index (Phi) is 3.60. The van der Waals surface area contributed by atoms with Gasteiger partial charge < -0.3 is 10.4 Å². The molecule has 0 aliphatic carbocycles. The van der Waals surface area contributed by atoms with Gasteiger partial charge >= 0.3 is 0 Å².